The second-order valence-corrected chi connectivity index (χ2v) is 11.9. The zero-order valence-corrected chi connectivity index (χ0v) is 23.8. The van der Waals surface area contributed by atoms with E-state index < -0.39 is 0 Å². The van der Waals surface area contributed by atoms with Crippen LogP contribution in [0.25, 0.3) is 39.6 Å². The Kier molecular flexibility index (Phi) is 6.26. The van der Waals surface area contributed by atoms with Gasteiger partial charge in [0.2, 0.25) is 0 Å². The lowest BCUT2D eigenvalue weighted by atomic mass is 9.81. The van der Waals surface area contributed by atoms with Gasteiger partial charge in [-0.25, -0.2) is 0 Å². The molecule has 6 rings (SSSR count). The Balaban J connectivity index is 1.70. The molecule has 0 N–H and O–H groups in total. The molecule has 1 aliphatic rings. The number of hydrogen-bond donors (Lipinski definition) is 0. The van der Waals surface area contributed by atoms with Gasteiger partial charge in [0.1, 0.15) is 11.2 Å². The molecule has 0 spiro atoms. The second-order valence-electron chi connectivity index (χ2n) is 11.9. The zero-order chi connectivity index (χ0) is 27.2. The Labute approximate surface area is 232 Å². The molecule has 2 heterocycles. The molecule has 5 aromatic rings. The van der Waals surface area contributed by atoms with Crippen LogP contribution in [-0.4, -0.2) is 9.78 Å². The first-order valence-corrected chi connectivity index (χ1v) is 14.3. The molecule has 0 saturated heterocycles. The molecule has 1 aromatic heterocycles. The van der Waals surface area contributed by atoms with E-state index in [-0.39, 0.29) is 11.0 Å². The third-order valence-corrected chi connectivity index (χ3v) is 8.61. The van der Waals surface area contributed by atoms with Crippen molar-refractivity contribution in [2.75, 3.05) is 0 Å². The summed E-state index contributed by atoms with van der Waals surface area (Å²) in [4.78, 5) is 0. The average molecular weight is 513 g/mol. The molecular formula is C36H38N3+. The predicted molar refractivity (Wildman–Crippen MR) is 161 cm³/mol. The Bertz CT molecular complexity index is 1610. The van der Waals surface area contributed by atoms with E-state index in [4.69, 9.17) is 5.10 Å². The highest BCUT2D eigenvalue weighted by Crippen LogP contribution is 2.42. The second kappa shape index (κ2) is 9.64. The van der Waals surface area contributed by atoms with Crippen molar-refractivity contribution < 1.29 is 4.57 Å². The Morgan fingerprint density at radius 3 is 1.95 bits per heavy atom. The lowest BCUT2D eigenvalue weighted by Crippen LogP contribution is -2.43. The number of benzene rings is 4. The summed E-state index contributed by atoms with van der Waals surface area (Å²) >= 11 is 0. The molecule has 1 aliphatic heterocycles. The van der Waals surface area contributed by atoms with E-state index in [0.29, 0.717) is 0 Å². The first-order chi connectivity index (χ1) is 18.9. The monoisotopic (exact) mass is 512 g/mol. The molecule has 0 saturated carbocycles. The van der Waals surface area contributed by atoms with E-state index in [1.54, 1.807) is 0 Å². The van der Waals surface area contributed by atoms with E-state index in [0.717, 1.165) is 36.3 Å². The van der Waals surface area contributed by atoms with Crippen LogP contribution in [0.4, 0.5) is 0 Å². The van der Waals surface area contributed by atoms with Gasteiger partial charge in [0.05, 0.1) is 11.1 Å². The van der Waals surface area contributed by atoms with Gasteiger partial charge in [-0.2, -0.15) is 4.57 Å². The van der Waals surface area contributed by atoms with Crippen molar-refractivity contribution in [1.82, 2.24) is 9.78 Å². The molecule has 4 aromatic carbocycles. The lowest BCUT2D eigenvalue weighted by Gasteiger charge is -2.32. The third-order valence-electron chi connectivity index (χ3n) is 8.61. The van der Waals surface area contributed by atoms with Crippen LogP contribution in [-0.2, 0) is 17.4 Å². The summed E-state index contributed by atoms with van der Waals surface area (Å²) in [7, 11) is 0. The maximum absolute atomic E-state index is 5.53. The molecule has 0 radical (unpaired) electrons. The van der Waals surface area contributed by atoms with Crippen LogP contribution in [0.1, 0.15) is 58.6 Å². The third kappa shape index (κ3) is 4.21. The standard InChI is InChI=1S/C36H38N3/c1-6-36(7-2)25-27-17-11-12-19-31(27)34-38(29-23-21-28(22-24-29)35(3,4)5)33(37-39(34)36)32-20-14-13-18-30(32)26-15-9-8-10-16-26/h8-24H,6-7,25H2,1-5H3/q+1. The maximum Gasteiger partial charge on any atom is 0.314 e. The molecular weight excluding hydrogens is 474 g/mol. The highest BCUT2D eigenvalue weighted by atomic mass is 15.4. The highest BCUT2D eigenvalue weighted by Gasteiger charge is 2.46. The van der Waals surface area contributed by atoms with Gasteiger partial charge in [-0.1, -0.05) is 113 Å². The van der Waals surface area contributed by atoms with Crippen molar-refractivity contribution in [3.05, 3.63) is 114 Å². The normalized spacial score (nSPS) is 14.1. The molecule has 3 nitrogen and oxygen atoms in total. The van der Waals surface area contributed by atoms with Crippen LogP contribution in [0.2, 0.25) is 0 Å². The van der Waals surface area contributed by atoms with Gasteiger partial charge in [0.15, 0.2) is 0 Å². The van der Waals surface area contributed by atoms with E-state index >= 15 is 0 Å². The number of nitrogens with zero attached hydrogens (tertiary/aromatic N) is 3. The summed E-state index contributed by atoms with van der Waals surface area (Å²) in [6.45, 7) is 11.4. The smallest absolute Gasteiger partial charge is 0.190 e. The van der Waals surface area contributed by atoms with Crippen LogP contribution in [0.15, 0.2) is 103 Å². The van der Waals surface area contributed by atoms with Crippen LogP contribution in [0.5, 0.6) is 0 Å². The number of fused-ring (bicyclic) bond motifs is 3. The maximum atomic E-state index is 5.53. The van der Waals surface area contributed by atoms with Gasteiger partial charge < -0.3 is 0 Å². The van der Waals surface area contributed by atoms with Crippen molar-refractivity contribution in [3.63, 3.8) is 0 Å². The Hall–Kier alpha value is -3.98. The first-order valence-electron chi connectivity index (χ1n) is 14.3. The fourth-order valence-corrected chi connectivity index (χ4v) is 6.15. The molecule has 196 valence electrons. The van der Waals surface area contributed by atoms with Crippen LogP contribution in [0.3, 0.4) is 0 Å². The van der Waals surface area contributed by atoms with Crippen molar-refractivity contribution in [2.24, 2.45) is 0 Å². The van der Waals surface area contributed by atoms with Crippen molar-refractivity contribution in [2.45, 2.75) is 64.8 Å². The average Bonchev–Trinajstić information content (AvgIpc) is 3.38. The largest absolute Gasteiger partial charge is 0.314 e. The van der Waals surface area contributed by atoms with Crippen LogP contribution >= 0.6 is 0 Å². The number of rotatable bonds is 5. The minimum atomic E-state index is -0.0727. The fourth-order valence-electron chi connectivity index (χ4n) is 6.15. The molecule has 0 bridgehead atoms. The number of hydrogen-bond acceptors (Lipinski definition) is 1. The molecule has 0 aliphatic carbocycles. The molecule has 0 amide bonds. The van der Waals surface area contributed by atoms with Crippen molar-refractivity contribution >= 4 is 0 Å². The quantitative estimate of drug-likeness (QED) is 0.216. The fraction of sp³-hybridized carbons (Fsp3) is 0.278. The van der Waals surface area contributed by atoms with E-state index in [1.165, 1.54) is 33.6 Å². The summed E-state index contributed by atoms with van der Waals surface area (Å²) in [6, 6.07) is 37.4. The molecule has 0 atom stereocenters. The number of aromatic nitrogens is 3. The molecule has 39 heavy (non-hydrogen) atoms. The van der Waals surface area contributed by atoms with Gasteiger partial charge in [0.25, 0.3) is 5.82 Å². The molecule has 0 unspecified atom stereocenters. The SMILES string of the molecule is CCC1(CC)Cc2ccccc2-c2n1nc(-c1ccccc1-c1ccccc1)[n+]2-c1ccc(C(C)(C)C)cc1. The van der Waals surface area contributed by atoms with E-state index in [2.05, 4.69) is 147 Å². The van der Waals surface area contributed by atoms with Gasteiger partial charge in [0, 0.05) is 11.5 Å². The summed E-state index contributed by atoms with van der Waals surface area (Å²) in [5.41, 5.74) is 8.70. The van der Waals surface area contributed by atoms with E-state index in [1.807, 2.05) is 0 Å². The van der Waals surface area contributed by atoms with Crippen LogP contribution < -0.4 is 4.57 Å². The molecule has 3 heteroatoms. The zero-order valence-electron chi connectivity index (χ0n) is 23.8. The van der Waals surface area contributed by atoms with E-state index in [9.17, 15) is 0 Å². The lowest BCUT2D eigenvalue weighted by molar-refractivity contribution is -0.573. The molecule has 0 fully saturated rings. The first kappa shape index (κ1) is 25.3. The summed E-state index contributed by atoms with van der Waals surface area (Å²) in [5.74, 6) is 2.15. The van der Waals surface area contributed by atoms with Gasteiger partial charge in [-0.05, 0) is 64.8 Å². The Morgan fingerprint density at radius 2 is 1.31 bits per heavy atom. The van der Waals surface area contributed by atoms with Gasteiger partial charge >= 0.3 is 5.82 Å². The Morgan fingerprint density at radius 1 is 0.718 bits per heavy atom. The minimum absolute atomic E-state index is 0.0727. The summed E-state index contributed by atoms with van der Waals surface area (Å²) < 4.78 is 4.77. The van der Waals surface area contributed by atoms with Gasteiger partial charge in [-0.15, -0.1) is 4.68 Å². The van der Waals surface area contributed by atoms with Crippen molar-refractivity contribution in [3.8, 4) is 39.6 Å². The predicted octanol–water partition coefficient (Wildman–Crippen LogP) is 8.53. The minimum Gasteiger partial charge on any atom is -0.190 e. The summed E-state index contributed by atoms with van der Waals surface area (Å²) in [5, 5.41) is 5.53. The van der Waals surface area contributed by atoms with Gasteiger partial charge in [-0.3, -0.25) is 0 Å². The topological polar surface area (TPSA) is 21.7 Å². The van der Waals surface area contributed by atoms with Crippen molar-refractivity contribution in [1.29, 1.82) is 0 Å². The summed E-state index contributed by atoms with van der Waals surface area (Å²) in [6.07, 6.45) is 3.04. The van der Waals surface area contributed by atoms with Crippen LogP contribution in [0, 0.1) is 0 Å². The highest BCUT2D eigenvalue weighted by molar-refractivity contribution is 5.80.